The van der Waals surface area contributed by atoms with E-state index in [1.54, 1.807) is 12.1 Å². The summed E-state index contributed by atoms with van der Waals surface area (Å²) in [4.78, 5) is 20.2. The Hall–Kier alpha value is -2.58. The highest BCUT2D eigenvalue weighted by atomic mass is 32.2. The standard InChI is InChI=1S/C19H22O7S/c1-13-11-18(23-9-10-24-27(4,21)22)12-14(2)19(13)16-5-7-17(8-6-16)26-25-15(3)20/h5-8,11-12H,9-10H2,1-4H3. The summed E-state index contributed by atoms with van der Waals surface area (Å²) in [6, 6.07) is 10.9. The van der Waals surface area contributed by atoms with Crippen LogP contribution in [0.25, 0.3) is 11.1 Å². The summed E-state index contributed by atoms with van der Waals surface area (Å²) in [5, 5.41) is 0. The van der Waals surface area contributed by atoms with Gasteiger partial charge in [-0.25, -0.2) is 4.79 Å². The van der Waals surface area contributed by atoms with Crippen molar-refractivity contribution in [3.8, 4) is 22.6 Å². The molecular formula is C19H22O7S. The summed E-state index contributed by atoms with van der Waals surface area (Å²) in [7, 11) is -3.47. The molecule has 0 bridgehead atoms. The number of rotatable bonds is 8. The first-order valence-electron chi connectivity index (χ1n) is 8.19. The van der Waals surface area contributed by atoms with Crippen LogP contribution in [0.3, 0.4) is 0 Å². The minimum atomic E-state index is -3.47. The van der Waals surface area contributed by atoms with Gasteiger partial charge in [0.2, 0.25) is 0 Å². The largest absolute Gasteiger partial charge is 0.491 e. The molecule has 0 N–H and O–H groups in total. The van der Waals surface area contributed by atoms with E-state index in [0.29, 0.717) is 11.5 Å². The maximum absolute atomic E-state index is 10.9. The molecule has 0 radical (unpaired) electrons. The van der Waals surface area contributed by atoms with Gasteiger partial charge in [0.25, 0.3) is 10.1 Å². The number of carbonyl (C=O) groups excluding carboxylic acids is 1. The highest BCUT2D eigenvalue weighted by Gasteiger charge is 2.10. The molecular weight excluding hydrogens is 372 g/mol. The lowest BCUT2D eigenvalue weighted by atomic mass is 9.95. The highest BCUT2D eigenvalue weighted by molar-refractivity contribution is 7.85. The van der Waals surface area contributed by atoms with E-state index in [0.717, 1.165) is 28.5 Å². The van der Waals surface area contributed by atoms with Gasteiger partial charge in [-0.15, -0.1) is 0 Å². The average Bonchev–Trinajstić information content (AvgIpc) is 2.56. The number of aryl methyl sites for hydroxylation is 2. The van der Waals surface area contributed by atoms with Gasteiger partial charge >= 0.3 is 5.97 Å². The van der Waals surface area contributed by atoms with Crippen LogP contribution in [-0.2, 0) is 24.0 Å². The van der Waals surface area contributed by atoms with Crippen LogP contribution in [0.2, 0.25) is 0 Å². The molecule has 2 aromatic rings. The molecule has 0 heterocycles. The van der Waals surface area contributed by atoms with E-state index in [2.05, 4.69) is 9.07 Å². The second-order valence-electron chi connectivity index (χ2n) is 5.99. The molecule has 7 nitrogen and oxygen atoms in total. The minimum Gasteiger partial charge on any atom is -0.491 e. The topological polar surface area (TPSA) is 88.1 Å². The van der Waals surface area contributed by atoms with Crippen molar-refractivity contribution >= 4 is 16.1 Å². The lowest BCUT2D eigenvalue weighted by molar-refractivity contribution is -0.210. The SMILES string of the molecule is CC(=O)OOc1ccc(-c2c(C)cc(OCCOS(C)(=O)=O)cc2C)cc1. The van der Waals surface area contributed by atoms with E-state index in [-0.39, 0.29) is 13.2 Å². The third kappa shape index (κ3) is 6.58. The van der Waals surface area contributed by atoms with Gasteiger partial charge in [0.15, 0.2) is 5.75 Å². The van der Waals surface area contributed by atoms with Crippen LogP contribution in [0.1, 0.15) is 18.1 Å². The van der Waals surface area contributed by atoms with E-state index >= 15 is 0 Å². The van der Waals surface area contributed by atoms with Crippen LogP contribution in [0.15, 0.2) is 36.4 Å². The summed E-state index contributed by atoms with van der Waals surface area (Å²) in [5.74, 6) is 0.541. The Bertz CT molecular complexity index is 879. The monoisotopic (exact) mass is 394 g/mol. The van der Waals surface area contributed by atoms with Crippen molar-refractivity contribution < 1.29 is 31.9 Å². The van der Waals surface area contributed by atoms with Crippen LogP contribution in [0.5, 0.6) is 11.5 Å². The molecule has 0 atom stereocenters. The summed E-state index contributed by atoms with van der Waals surface area (Å²) in [5.41, 5.74) is 4.03. The molecule has 0 aliphatic carbocycles. The van der Waals surface area contributed by atoms with Crippen molar-refractivity contribution in [1.82, 2.24) is 0 Å². The Labute approximate surface area is 158 Å². The van der Waals surface area contributed by atoms with Gasteiger partial charge in [-0.2, -0.15) is 8.42 Å². The summed E-state index contributed by atoms with van der Waals surface area (Å²) < 4.78 is 32.1. The highest BCUT2D eigenvalue weighted by Crippen LogP contribution is 2.32. The zero-order chi connectivity index (χ0) is 20.0. The van der Waals surface area contributed by atoms with Crippen molar-refractivity contribution in [1.29, 1.82) is 0 Å². The first-order chi connectivity index (χ1) is 12.7. The van der Waals surface area contributed by atoms with Gasteiger partial charge < -0.3 is 4.74 Å². The summed E-state index contributed by atoms with van der Waals surface area (Å²) in [6.07, 6.45) is 0.999. The van der Waals surface area contributed by atoms with Gasteiger partial charge in [0, 0.05) is 6.92 Å². The van der Waals surface area contributed by atoms with Crippen LogP contribution >= 0.6 is 0 Å². The molecule has 0 aliphatic rings. The first-order valence-corrected chi connectivity index (χ1v) is 10.0. The van der Waals surface area contributed by atoms with Gasteiger partial charge in [0.1, 0.15) is 19.0 Å². The maximum atomic E-state index is 10.9. The lowest BCUT2D eigenvalue weighted by Crippen LogP contribution is -2.11. The molecule has 0 unspecified atom stereocenters. The molecule has 0 saturated heterocycles. The van der Waals surface area contributed by atoms with Crippen LogP contribution in [0.4, 0.5) is 0 Å². The van der Waals surface area contributed by atoms with Gasteiger partial charge in [-0.1, -0.05) is 12.1 Å². The van der Waals surface area contributed by atoms with Crippen molar-refractivity contribution in [2.45, 2.75) is 20.8 Å². The zero-order valence-electron chi connectivity index (χ0n) is 15.6. The lowest BCUT2D eigenvalue weighted by Gasteiger charge is -2.14. The Kier molecular flexibility index (Phi) is 6.81. The molecule has 0 amide bonds. The normalized spacial score (nSPS) is 11.1. The molecule has 27 heavy (non-hydrogen) atoms. The molecule has 0 fully saturated rings. The van der Waals surface area contributed by atoms with Crippen LogP contribution < -0.4 is 9.62 Å². The van der Waals surface area contributed by atoms with E-state index in [1.807, 2.05) is 38.1 Å². The Balaban J connectivity index is 2.08. The number of hydrogen-bond acceptors (Lipinski definition) is 7. The van der Waals surface area contributed by atoms with Crippen molar-refractivity contribution in [3.05, 3.63) is 47.5 Å². The third-order valence-corrected chi connectivity index (χ3v) is 4.15. The summed E-state index contributed by atoms with van der Waals surface area (Å²) in [6.45, 7) is 5.28. The molecule has 0 aromatic heterocycles. The van der Waals surface area contributed by atoms with Crippen molar-refractivity contribution in [2.24, 2.45) is 0 Å². The fourth-order valence-electron chi connectivity index (χ4n) is 2.59. The molecule has 146 valence electrons. The molecule has 0 saturated carbocycles. The fraction of sp³-hybridized carbons (Fsp3) is 0.316. The Morgan fingerprint density at radius 3 is 2.07 bits per heavy atom. The van der Waals surface area contributed by atoms with Gasteiger partial charge in [-0.05, 0) is 60.4 Å². The van der Waals surface area contributed by atoms with Crippen molar-refractivity contribution in [2.75, 3.05) is 19.5 Å². The first kappa shape index (κ1) is 20.7. The molecule has 0 spiro atoms. The van der Waals surface area contributed by atoms with Gasteiger partial charge in [-0.3, -0.25) is 14.0 Å². The zero-order valence-corrected chi connectivity index (χ0v) is 16.5. The van der Waals surface area contributed by atoms with E-state index < -0.39 is 16.1 Å². The predicted octanol–water partition coefficient (Wildman–Crippen LogP) is 3.18. The van der Waals surface area contributed by atoms with E-state index in [9.17, 15) is 13.2 Å². The minimum absolute atomic E-state index is 0.0392. The number of benzene rings is 2. The van der Waals surface area contributed by atoms with Crippen molar-refractivity contribution in [3.63, 3.8) is 0 Å². The fourth-order valence-corrected chi connectivity index (χ4v) is 2.96. The predicted molar refractivity (Wildman–Crippen MR) is 100 cm³/mol. The third-order valence-electron chi connectivity index (χ3n) is 3.55. The number of hydrogen-bond donors (Lipinski definition) is 0. The number of carbonyl (C=O) groups is 1. The molecule has 2 rings (SSSR count). The van der Waals surface area contributed by atoms with Crippen LogP contribution in [0, 0.1) is 13.8 Å². The van der Waals surface area contributed by atoms with E-state index in [1.165, 1.54) is 6.92 Å². The van der Waals surface area contributed by atoms with Gasteiger partial charge in [0.05, 0.1) is 6.26 Å². The Morgan fingerprint density at radius 1 is 0.963 bits per heavy atom. The van der Waals surface area contributed by atoms with E-state index in [4.69, 9.17) is 9.62 Å². The second kappa shape index (κ2) is 8.88. The second-order valence-corrected chi connectivity index (χ2v) is 7.63. The smallest absolute Gasteiger partial charge is 0.352 e. The average molecular weight is 394 g/mol. The van der Waals surface area contributed by atoms with Crippen LogP contribution in [-0.4, -0.2) is 33.9 Å². The quantitative estimate of drug-likeness (QED) is 0.294. The molecule has 0 aliphatic heterocycles. The maximum Gasteiger partial charge on any atom is 0.352 e. The summed E-state index contributed by atoms with van der Waals surface area (Å²) >= 11 is 0. The molecule has 2 aromatic carbocycles. The number of ether oxygens (including phenoxy) is 1. The Morgan fingerprint density at radius 2 is 1.56 bits per heavy atom. The molecule has 8 heteroatoms.